The monoisotopic (exact) mass is 166 g/mol. The third-order valence-corrected chi connectivity index (χ3v) is 4.11. The zero-order valence-corrected chi connectivity index (χ0v) is 6.60. The Morgan fingerprint density at radius 1 is 1.17 bits per heavy atom. The van der Waals surface area contributed by atoms with Crippen LogP contribution in [0.4, 0.5) is 0 Å². The van der Waals surface area contributed by atoms with E-state index in [1.807, 2.05) is 0 Å². The molecule has 6 atom stereocenters. The van der Waals surface area contributed by atoms with Crippen molar-refractivity contribution in [2.75, 3.05) is 6.61 Å². The summed E-state index contributed by atoms with van der Waals surface area (Å²) in [5.41, 5.74) is 0. The molecule has 2 bridgehead atoms. The van der Waals surface area contributed by atoms with E-state index >= 15 is 0 Å². The Balaban J connectivity index is 1.80. The van der Waals surface area contributed by atoms with Crippen molar-refractivity contribution in [3.63, 3.8) is 0 Å². The van der Waals surface area contributed by atoms with Gasteiger partial charge < -0.3 is 9.47 Å². The van der Waals surface area contributed by atoms with Crippen LogP contribution in [0.5, 0.6) is 0 Å². The van der Waals surface area contributed by atoms with Crippen LogP contribution >= 0.6 is 0 Å². The molecule has 0 aromatic carbocycles. The Kier molecular flexibility index (Phi) is 0.773. The molecule has 4 rings (SSSR count). The summed E-state index contributed by atoms with van der Waals surface area (Å²) in [4.78, 5) is 11.3. The van der Waals surface area contributed by atoms with Gasteiger partial charge in [-0.3, -0.25) is 4.79 Å². The van der Waals surface area contributed by atoms with E-state index in [2.05, 4.69) is 0 Å². The van der Waals surface area contributed by atoms with E-state index < -0.39 is 0 Å². The molecule has 3 nitrogen and oxygen atoms in total. The minimum Gasteiger partial charge on any atom is -0.465 e. The summed E-state index contributed by atoms with van der Waals surface area (Å²) in [6.07, 6.45) is 2.16. The highest BCUT2D eigenvalue weighted by Crippen LogP contribution is 2.63. The lowest BCUT2D eigenvalue weighted by Gasteiger charge is -2.15. The van der Waals surface area contributed by atoms with Gasteiger partial charge in [0.2, 0.25) is 0 Å². The van der Waals surface area contributed by atoms with E-state index in [9.17, 15) is 4.79 Å². The highest BCUT2D eigenvalue weighted by Gasteiger charge is 2.70. The maximum absolute atomic E-state index is 11.3. The van der Waals surface area contributed by atoms with Crippen molar-refractivity contribution in [3.05, 3.63) is 0 Å². The maximum atomic E-state index is 11.3. The first-order valence-electron chi connectivity index (χ1n) is 4.68. The van der Waals surface area contributed by atoms with Crippen LogP contribution in [0.15, 0.2) is 0 Å². The van der Waals surface area contributed by atoms with Gasteiger partial charge in [-0.05, 0) is 12.3 Å². The van der Waals surface area contributed by atoms with Crippen LogP contribution in [0.2, 0.25) is 0 Å². The molecule has 0 amide bonds. The van der Waals surface area contributed by atoms with E-state index in [1.165, 1.54) is 6.42 Å². The fourth-order valence-electron chi connectivity index (χ4n) is 3.61. The van der Waals surface area contributed by atoms with Crippen LogP contribution in [0, 0.1) is 23.7 Å². The summed E-state index contributed by atoms with van der Waals surface area (Å²) >= 11 is 0. The summed E-state index contributed by atoms with van der Waals surface area (Å²) in [6, 6.07) is 0. The summed E-state index contributed by atoms with van der Waals surface area (Å²) in [5, 5.41) is 0. The Morgan fingerprint density at radius 3 is 2.92 bits per heavy atom. The van der Waals surface area contributed by atoms with Gasteiger partial charge in [-0.1, -0.05) is 0 Å². The van der Waals surface area contributed by atoms with Crippen molar-refractivity contribution in [3.8, 4) is 0 Å². The molecule has 12 heavy (non-hydrogen) atoms. The average Bonchev–Trinajstić information content (AvgIpc) is 2.50. The first-order chi connectivity index (χ1) is 5.86. The fraction of sp³-hybridized carbons (Fsp3) is 0.889. The zero-order chi connectivity index (χ0) is 7.87. The van der Waals surface area contributed by atoms with E-state index in [0.717, 1.165) is 0 Å². The smallest absolute Gasteiger partial charge is 0.309 e. The van der Waals surface area contributed by atoms with Gasteiger partial charge in [-0.15, -0.1) is 0 Å². The molecule has 0 aromatic rings. The molecule has 4 aliphatic rings. The summed E-state index contributed by atoms with van der Waals surface area (Å²) in [6.45, 7) is 0.664. The Morgan fingerprint density at radius 2 is 2.00 bits per heavy atom. The molecule has 2 saturated heterocycles. The molecule has 0 radical (unpaired) electrons. The molecule has 0 aromatic heterocycles. The van der Waals surface area contributed by atoms with Crippen LogP contribution in [-0.2, 0) is 14.3 Å². The van der Waals surface area contributed by atoms with Crippen molar-refractivity contribution in [1.29, 1.82) is 0 Å². The second-order valence-corrected chi connectivity index (χ2v) is 4.45. The predicted octanol–water partition coefficient (Wildman–Crippen LogP) is 0.193. The summed E-state index contributed by atoms with van der Waals surface area (Å²) in [7, 11) is 0. The molecule has 2 heterocycles. The highest BCUT2D eigenvalue weighted by molar-refractivity contribution is 5.76. The normalized spacial score (nSPS) is 64.5. The van der Waals surface area contributed by atoms with Gasteiger partial charge in [-0.25, -0.2) is 0 Å². The quantitative estimate of drug-likeness (QED) is 0.381. The molecule has 3 heteroatoms. The van der Waals surface area contributed by atoms with E-state index in [-0.39, 0.29) is 11.9 Å². The van der Waals surface area contributed by atoms with Crippen molar-refractivity contribution in [1.82, 2.24) is 0 Å². The van der Waals surface area contributed by atoms with Gasteiger partial charge in [0.15, 0.2) is 0 Å². The number of carbonyl (C=O) groups is 1. The van der Waals surface area contributed by atoms with Gasteiger partial charge >= 0.3 is 5.97 Å². The molecule has 0 unspecified atom stereocenters. The second kappa shape index (κ2) is 1.55. The number of rotatable bonds is 0. The van der Waals surface area contributed by atoms with Crippen molar-refractivity contribution in [2.45, 2.75) is 18.6 Å². The lowest BCUT2D eigenvalue weighted by molar-refractivity contribution is -0.142. The first kappa shape index (κ1) is 5.97. The largest absolute Gasteiger partial charge is 0.465 e. The minimum atomic E-state index is 0.0430. The highest BCUT2D eigenvalue weighted by atomic mass is 16.6. The lowest BCUT2D eigenvalue weighted by atomic mass is 9.81. The summed E-state index contributed by atoms with van der Waals surface area (Å²) in [5.74, 6) is 1.92. The molecule has 0 N–H and O–H groups in total. The maximum Gasteiger partial charge on any atom is 0.309 e. The molecular formula is C9H10O3. The first-order valence-corrected chi connectivity index (χ1v) is 4.68. The standard InChI is InChI=1S/C9H10O3/c10-9-6-4-1-3(5(6)2-11-9)7-8(4)12-7/h3-8H,1-2H2/t3-,4-,5-,6+,7+,8+/m1/s1. The number of carbonyl (C=O) groups excluding carboxylic acids is 1. The molecular weight excluding hydrogens is 156 g/mol. The van der Waals surface area contributed by atoms with Gasteiger partial charge in [0.25, 0.3) is 0 Å². The van der Waals surface area contributed by atoms with Gasteiger partial charge in [0, 0.05) is 11.8 Å². The number of esters is 1. The molecule has 2 aliphatic carbocycles. The van der Waals surface area contributed by atoms with Crippen LogP contribution in [0.3, 0.4) is 0 Å². The molecule has 2 aliphatic heterocycles. The van der Waals surface area contributed by atoms with Crippen LogP contribution < -0.4 is 0 Å². The Labute approximate surface area is 70.0 Å². The molecule has 4 fully saturated rings. The number of cyclic esters (lactones) is 1. The van der Waals surface area contributed by atoms with E-state index in [0.29, 0.717) is 36.6 Å². The van der Waals surface area contributed by atoms with Crippen LogP contribution in [0.25, 0.3) is 0 Å². The second-order valence-electron chi connectivity index (χ2n) is 4.45. The third kappa shape index (κ3) is 0.454. The Hall–Kier alpha value is -0.570. The number of ether oxygens (including phenoxy) is 2. The average molecular weight is 166 g/mol. The van der Waals surface area contributed by atoms with E-state index in [4.69, 9.17) is 9.47 Å². The van der Waals surface area contributed by atoms with Gasteiger partial charge in [0.05, 0.1) is 24.7 Å². The minimum absolute atomic E-state index is 0.0430. The van der Waals surface area contributed by atoms with Crippen LogP contribution in [-0.4, -0.2) is 24.8 Å². The molecule has 2 saturated carbocycles. The zero-order valence-electron chi connectivity index (χ0n) is 6.60. The molecule has 0 spiro atoms. The fourth-order valence-corrected chi connectivity index (χ4v) is 3.61. The van der Waals surface area contributed by atoms with Gasteiger partial charge in [-0.2, -0.15) is 0 Å². The SMILES string of the molecule is O=C1OC[C@@H]2[C@H]3C[C@@H]([C@@H]4O[C@@H]34)[C@H]12. The molecule has 64 valence electrons. The van der Waals surface area contributed by atoms with Crippen molar-refractivity contribution < 1.29 is 14.3 Å². The predicted molar refractivity (Wildman–Crippen MR) is 38.2 cm³/mol. The third-order valence-electron chi connectivity index (χ3n) is 4.11. The number of hydrogen-bond donors (Lipinski definition) is 0. The number of fused-ring (bicyclic) bond motifs is 8. The lowest BCUT2D eigenvalue weighted by Crippen LogP contribution is -2.28. The summed E-state index contributed by atoms with van der Waals surface area (Å²) < 4.78 is 10.6. The van der Waals surface area contributed by atoms with Gasteiger partial charge in [0.1, 0.15) is 0 Å². The van der Waals surface area contributed by atoms with Crippen LogP contribution in [0.1, 0.15) is 6.42 Å². The number of hydrogen-bond acceptors (Lipinski definition) is 3. The van der Waals surface area contributed by atoms with Crippen molar-refractivity contribution in [2.24, 2.45) is 23.7 Å². The van der Waals surface area contributed by atoms with Crippen molar-refractivity contribution >= 4 is 5.97 Å². The topological polar surface area (TPSA) is 38.8 Å². The van der Waals surface area contributed by atoms with E-state index in [1.54, 1.807) is 0 Å². The number of epoxide rings is 1. The Bertz CT molecular complexity index is 273.